The van der Waals surface area contributed by atoms with Crippen molar-refractivity contribution in [2.75, 3.05) is 13.2 Å². The maximum Gasteiger partial charge on any atom is 0.124 e. The highest BCUT2D eigenvalue weighted by atomic mass is 35.5. The van der Waals surface area contributed by atoms with Crippen LogP contribution in [-0.4, -0.2) is 18.3 Å². The van der Waals surface area contributed by atoms with E-state index in [4.69, 9.17) is 33.0 Å². The number of halogens is 2. The second kappa shape index (κ2) is 8.25. The Labute approximate surface area is 134 Å². The predicted octanol–water partition coefficient (Wildman–Crippen LogP) is 3.65. The van der Waals surface area contributed by atoms with Gasteiger partial charge in [-0.1, -0.05) is 41.4 Å². The summed E-state index contributed by atoms with van der Waals surface area (Å²) in [7, 11) is 0. The second-order valence-corrected chi connectivity index (χ2v) is 5.38. The van der Waals surface area contributed by atoms with Gasteiger partial charge in [-0.2, -0.15) is 0 Å². The molecule has 2 N–H and O–H groups in total. The third-order valence-electron chi connectivity index (χ3n) is 2.97. The van der Waals surface area contributed by atoms with Gasteiger partial charge in [0.05, 0.1) is 6.61 Å². The molecule has 0 aliphatic rings. The van der Waals surface area contributed by atoms with Crippen molar-refractivity contribution < 1.29 is 9.84 Å². The minimum atomic E-state index is 0.0936. The fourth-order valence-corrected chi connectivity index (χ4v) is 2.29. The molecule has 0 fully saturated rings. The summed E-state index contributed by atoms with van der Waals surface area (Å²) >= 11 is 12.1. The van der Waals surface area contributed by atoms with Gasteiger partial charge in [-0.15, -0.1) is 0 Å². The minimum absolute atomic E-state index is 0.0936. The largest absolute Gasteiger partial charge is 0.489 e. The molecule has 0 bridgehead atoms. The van der Waals surface area contributed by atoms with Crippen molar-refractivity contribution >= 4 is 23.2 Å². The maximum absolute atomic E-state index is 8.82. The summed E-state index contributed by atoms with van der Waals surface area (Å²) in [5.74, 6) is 0.754. The van der Waals surface area contributed by atoms with Crippen molar-refractivity contribution in [3.8, 4) is 5.75 Å². The Hall–Kier alpha value is -1.26. The number of hydrogen-bond donors (Lipinski definition) is 2. The van der Waals surface area contributed by atoms with Crippen LogP contribution in [0.25, 0.3) is 0 Å². The fraction of sp³-hybridized carbons (Fsp3) is 0.250. The molecule has 0 aliphatic carbocycles. The summed E-state index contributed by atoms with van der Waals surface area (Å²) in [6.07, 6.45) is 0. The lowest BCUT2D eigenvalue weighted by Gasteiger charge is -2.13. The third kappa shape index (κ3) is 4.90. The molecule has 2 aromatic carbocycles. The number of hydrogen-bond acceptors (Lipinski definition) is 3. The molecule has 3 nitrogen and oxygen atoms in total. The predicted molar refractivity (Wildman–Crippen MR) is 86.0 cm³/mol. The molecule has 0 heterocycles. The summed E-state index contributed by atoms with van der Waals surface area (Å²) < 4.78 is 5.84. The van der Waals surface area contributed by atoms with Crippen LogP contribution in [0.2, 0.25) is 10.0 Å². The number of aliphatic hydroxyl groups is 1. The van der Waals surface area contributed by atoms with E-state index in [0.29, 0.717) is 29.7 Å². The summed E-state index contributed by atoms with van der Waals surface area (Å²) in [6, 6.07) is 13.1. The van der Waals surface area contributed by atoms with Crippen molar-refractivity contribution in [2.24, 2.45) is 0 Å². The first-order valence-corrected chi connectivity index (χ1v) is 7.42. The Kier molecular flexibility index (Phi) is 6.33. The van der Waals surface area contributed by atoms with Gasteiger partial charge in [0, 0.05) is 34.3 Å². The zero-order valence-corrected chi connectivity index (χ0v) is 13.0. The van der Waals surface area contributed by atoms with Crippen LogP contribution in [0.4, 0.5) is 0 Å². The van der Waals surface area contributed by atoms with Gasteiger partial charge in [0.2, 0.25) is 0 Å². The Bertz CT molecular complexity index is 590. The Morgan fingerprint density at radius 3 is 2.62 bits per heavy atom. The van der Waals surface area contributed by atoms with Crippen LogP contribution in [0.15, 0.2) is 42.5 Å². The quantitative estimate of drug-likeness (QED) is 0.763. The Balaban J connectivity index is 2.06. The molecule has 0 spiro atoms. The number of nitrogens with one attached hydrogen (secondary N) is 1. The monoisotopic (exact) mass is 325 g/mol. The van der Waals surface area contributed by atoms with E-state index in [0.717, 1.165) is 16.9 Å². The number of rotatable bonds is 7. The molecule has 0 atom stereocenters. The molecule has 0 aliphatic heterocycles. The average Bonchev–Trinajstić information content (AvgIpc) is 2.48. The van der Waals surface area contributed by atoms with E-state index in [1.807, 2.05) is 36.4 Å². The zero-order chi connectivity index (χ0) is 15.1. The van der Waals surface area contributed by atoms with Gasteiger partial charge in [-0.25, -0.2) is 0 Å². The van der Waals surface area contributed by atoms with Crippen molar-refractivity contribution in [3.63, 3.8) is 0 Å². The first-order chi connectivity index (χ1) is 10.2. The summed E-state index contributed by atoms with van der Waals surface area (Å²) in [5, 5.41) is 13.3. The molecule has 0 amide bonds. The topological polar surface area (TPSA) is 41.5 Å². The number of aliphatic hydroxyl groups excluding tert-OH is 1. The molecule has 0 unspecified atom stereocenters. The highest BCUT2D eigenvalue weighted by Gasteiger charge is 2.06. The lowest BCUT2D eigenvalue weighted by Crippen LogP contribution is -2.18. The first kappa shape index (κ1) is 16.1. The smallest absolute Gasteiger partial charge is 0.124 e. The van der Waals surface area contributed by atoms with E-state index in [1.165, 1.54) is 0 Å². The minimum Gasteiger partial charge on any atom is -0.489 e. The van der Waals surface area contributed by atoms with Gasteiger partial charge in [-0.05, 0) is 24.3 Å². The van der Waals surface area contributed by atoms with Crippen molar-refractivity contribution in [3.05, 3.63) is 63.6 Å². The summed E-state index contributed by atoms with van der Waals surface area (Å²) in [6.45, 7) is 1.60. The van der Waals surface area contributed by atoms with E-state index in [1.54, 1.807) is 6.07 Å². The van der Waals surface area contributed by atoms with Gasteiger partial charge >= 0.3 is 0 Å². The Morgan fingerprint density at radius 1 is 1.05 bits per heavy atom. The second-order valence-electron chi connectivity index (χ2n) is 4.53. The molecule has 0 saturated carbocycles. The van der Waals surface area contributed by atoms with E-state index in [2.05, 4.69) is 5.32 Å². The standard InChI is InChI=1S/C16H17Cl2NO2/c17-14-5-6-16(13(9-14)10-19-7-8-20)21-11-12-3-1-2-4-15(12)18/h1-6,9,19-20H,7-8,10-11H2. The van der Waals surface area contributed by atoms with E-state index in [9.17, 15) is 0 Å². The number of benzene rings is 2. The van der Waals surface area contributed by atoms with E-state index in [-0.39, 0.29) is 6.61 Å². The van der Waals surface area contributed by atoms with Gasteiger partial charge < -0.3 is 15.2 Å². The van der Waals surface area contributed by atoms with Crippen molar-refractivity contribution in [1.29, 1.82) is 0 Å². The van der Waals surface area contributed by atoms with Gasteiger partial charge in [0.1, 0.15) is 12.4 Å². The van der Waals surface area contributed by atoms with Crippen LogP contribution in [0, 0.1) is 0 Å². The summed E-state index contributed by atoms with van der Waals surface area (Å²) in [4.78, 5) is 0. The maximum atomic E-state index is 8.82. The Morgan fingerprint density at radius 2 is 1.86 bits per heavy atom. The van der Waals surface area contributed by atoms with Crippen molar-refractivity contribution in [2.45, 2.75) is 13.2 Å². The van der Waals surface area contributed by atoms with Crippen LogP contribution < -0.4 is 10.1 Å². The lowest BCUT2D eigenvalue weighted by molar-refractivity contribution is 0.288. The SMILES string of the molecule is OCCNCc1cc(Cl)ccc1OCc1ccccc1Cl. The molecule has 0 radical (unpaired) electrons. The highest BCUT2D eigenvalue weighted by Crippen LogP contribution is 2.25. The third-order valence-corrected chi connectivity index (χ3v) is 3.57. The van der Waals surface area contributed by atoms with Crippen LogP contribution in [0.5, 0.6) is 5.75 Å². The van der Waals surface area contributed by atoms with Crippen LogP contribution >= 0.6 is 23.2 Å². The van der Waals surface area contributed by atoms with E-state index >= 15 is 0 Å². The molecule has 0 saturated heterocycles. The molecule has 0 aromatic heterocycles. The fourth-order valence-electron chi connectivity index (χ4n) is 1.90. The van der Waals surface area contributed by atoms with Crippen LogP contribution in [-0.2, 0) is 13.2 Å². The first-order valence-electron chi connectivity index (χ1n) is 6.67. The zero-order valence-electron chi connectivity index (χ0n) is 11.5. The van der Waals surface area contributed by atoms with E-state index < -0.39 is 0 Å². The average molecular weight is 326 g/mol. The lowest BCUT2D eigenvalue weighted by atomic mass is 10.2. The normalized spacial score (nSPS) is 10.6. The van der Waals surface area contributed by atoms with Crippen LogP contribution in [0.3, 0.4) is 0 Å². The molecule has 21 heavy (non-hydrogen) atoms. The highest BCUT2D eigenvalue weighted by molar-refractivity contribution is 6.31. The van der Waals surface area contributed by atoms with Crippen LogP contribution in [0.1, 0.15) is 11.1 Å². The summed E-state index contributed by atoms with van der Waals surface area (Å²) in [5.41, 5.74) is 1.88. The molecule has 112 valence electrons. The molecule has 5 heteroatoms. The molecular weight excluding hydrogens is 309 g/mol. The number of ether oxygens (including phenoxy) is 1. The van der Waals surface area contributed by atoms with Gasteiger partial charge in [0.15, 0.2) is 0 Å². The van der Waals surface area contributed by atoms with Gasteiger partial charge in [0.25, 0.3) is 0 Å². The molecular formula is C16H17Cl2NO2. The molecule has 2 rings (SSSR count). The van der Waals surface area contributed by atoms with Gasteiger partial charge in [-0.3, -0.25) is 0 Å². The van der Waals surface area contributed by atoms with Crippen molar-refractivity contribution in [1.82, 2.24) is 5.32 Å². The molecule has 2 aromatic rings.